The summed E-state index contributed by atoms with van der Waals surface area (Å²) in [4.78, 5) is 22.3. The van der Waals surface area contributed by atoms with Gasteiger partial charge < -0.3 is 10.1 Å². The van der Waals surface area contributed by atoms with E-state index >= 15 is 0 Å². The fraction of sp³-hybridized carbons (Fsp3) is 0.611. The number of fused-ring (bicyclic) bond motifs is 5. The summed E-state index contributed by atoms with van der Waals surface area (Å²) in [6, 6.07) is 6.10. The Balaban J connectivity index is 1.28. The van der Waals surface area contributed by atoms with Crippen LogP contribution in [0.3, 0.4) is 0 Å². The van der Waals surface area contributed by atoms with Crippen molar-refractivity contribution in [3.63, 3.8) is 0 Å². The molecular weight excluding hydrogens is 308 g/mol. The molecule has 3 aliphatic rings. The number of carbonyl (C=O) groups is 1. The van der Waals surface area contributed by atoms with Crippen LogP contribution >= 0.6 is 0 Å². The standard InChI is InChI=1S/C18H22N2O4/c21-18(10-24-13-6-4-12(5-7-13)20(22)23)19-17-9-11-8-16(17)15-3-1-2-14(11)15/h4-7,11,14-17H,1-3,8-10H2,(H,19,21). The highest BCUT2D eigenvalue weighted by atomic mass is 16.6. The maximum absolute atomic E-state index is 12.2. The molecule has 24 heavy (non-hydrogen) atoms. The van der Waals surface area contributed by atoms with E-state index in [1.54, 1.807) is 0 Å². The number of ether oxygens (including phenoxy) is 1. The average molecular weight is 330 g/mol. The highest BCUT2D eigenvalue weighted by Crippen LogP contribution is 2.58. The Labute approximate surface area is 140 Å². The molecule has 4 rings (SSSR count). The van der Waals surface area contributed by atoms with E-state index in [2.05, 4.69) is 5.32 Å². The van der Waals surface area contributed by atoms with Gasteiger partial charge in [-0.25, -0.2) is 0 Å². The number of nitro groups is 1. The molecule has 5 unspecified atom stereocenters. The van der Waals surface area contributed by atoms with Crippen molar-refractivity contribution in [2.24, 2.45) is 23.7 Å². The van der Waals surface area contributed by atoms with Crippen molar-refractivity contribution in [3.8, 4) is 5.75 Å². The number of nitrogens with one attached hydrogen (secondary N) is 1. The molecule has 3 aliphatic carbocycles. The van der Waals surface area contributed by atoms with Gasteiger partial charge in [0, 0.05) is 18.2 Å². The topological polar surface area (TPSA) is 81.5 Å². The average Bonchev–Trinajstić information content (AvgIpc) is 3.26. The number of hydrogen-bond donors (Lipinski definition) is 1. The first kappa shape index (κ1) is 15.4. The molecule has 6 nitrogen and oxygen atoms in total. The van der Waals surface area contributed by atoms with Crippen LogP contribution in [0.25, 0.3) is 0 Å². The number of carbonyl (C=O) groups excluding carboxylic acids is 1. The van der Waals surface area contributed by atoms with Gasteiger partial charge in [0.15, 0.2) is 6.61 Å². The van der Waals surface area contributed by atoms with Crippen LogP contribution in [-0.2, 0) is 4.79 Å². The van der Waals surface area contributed by atoms with E-state index in [0.29, 0.717) is 17.7 Å². The van der Waals surface area contributed by atoms with Crippen LogP contribution < -0.4 is 10.1 Å². The zero-order chi connectivity index (χ0) is 16.7. The van der Waals surface area contributed by atoms with E-state index in [4.69, 9.17) is 4.74 Å². The minimum atomic E-state index is -0.456. The van der Waals surface area contributed by atoms with Crippen molar-refractivity contribution in [2.45, 2.75) is 38.1 Å². The summed E-state index contributed by atoms with van der Waals surface area (Å²) in [6.45, 7) is -0.0419. The van der Waals surface area contributed by atoms with Crippen molar-refractivity contribution in [1.82, 2.24) is 5.32 Å². The summed E-state index contributed by atoms with van der Waals surface area (Å²) in [6.07, 6.45) is 6.47. The van der Waals surface area contributed by atoms with Gasteiger partial charge in [0.1, 0.15) is 5.75 Å². The summed E-state index contributed by atoms with van der Waals surface area (Å²) in [5, 5.41) is 13.8. The first-order chi connectivity index (χ1) is 11.6. The van der Waals surface area contributed by atoms with E-state index < -0.39 is 4.92 Å². The third-order valence-electron chi connectivity index (χ3n) is 6.19. The number of benzene rings is 1. The second-order valence-corrected chi connectivity index (χ2v) is 7.37. The summed E-state index contributed by atoms with van der Waals surface area (Å²) >= 11 is 0. The van der Waals surface area contributed by atoms with Gasteiger partial charge in [0.2, 0.25) is 0 Å². The molecule has 1 aromatic carbocycles. The van der Waals surface area contributed by atoms with Crippen LogP contribution in [0.15, 0.2) is 24.3 Å². The summed E-state index contributed by atoms with van der Waals surface area (Å²) in [7, 11) is 0. The van der Waals surface area contributed by atoms with Crippen molar-refractivity contribution < 1.29 is 14.5 Å². The lowest BCUT2D eigenvalue weighted by Crippen LogP contribution is -2.44. The van der Waals surface area contributed by atoms with Crippen LogP contribution in [0.4, 0.5) is 5.69 Å². The number of rotatable bonds is 5. The fourth-order valence-electron chi connectivity index (χ4n) is 5.30. The molecule has 3 saturated carbocycles. The molecule has 3 fully saturated rings. The van der Waals surface area contributed by atoms with Crippen LogP contribution in [0.2, 0.25) is 0 Å². The van der Waals surface area contributed by atoms with E-state index in [9.17, 15) is 14.9 Å². The van der Waals surface area contributed by atoms with Crippen LogP contribution in [0.1, 0.15) is 32.1 Å². The Bertz CT molecular complexity index is 645. The van der Waals surface area contributed by atoms with Gasteiger partial charge in [-0.15, -0.1) is 0 Å². The van der Waals surface area contributed by atoms with Crippen molar-refractivity contribution in [1.29, 1.82) is 0 Å². The Morgan fingerprint density at radius 1 is 1.17 bits per heavy atom. The van der Waals surface area contributed by atoms with Gasteiger partial charge >= 0.3 is 0 Å². The molecule has 0 saturated heterocycles. The lowest BCUT2D eigenvalue weighted by molar-refractivity contribution is -0.384. The van der Waals surface area contributed by atoms with Crippen LogP contribution in [0.5, 0.6) is 5.75 Å². The minimum Gasteiger partial charge on any atom is -0.484 e. The molecule has 0 spiro atoms. The van der Waals surface area contributed by atoms with Gasteiger partial charge in [-0.05, 0) is 61.5 Å². The number of nitro benzene ring substituents is 1. The molecule has 0 aromatic heterocycles. The third kappa shape index (κ3) is 2.74. The molecule has 128 valence electrons. The van der Waals surface area contributed by atoms with E-state index in [0.717, 1.165) is 24.2 Å². The first-order valence-electron chi connectivity index (χ1n) is 8.78. The molecule has 2 bridgehead atoms. The van der Waals surface area contributed by atoms with Gasteiger partial charge in [0.25, 0.3) is 11.6 Å². The number of amides is 1. The smallest absolute Gasteiger partial charge is 0.269 e. The van der Waals surface area contributed by atoms with Crippen molar-refractivity contribution in [3.05, 3.63) is 34.4 Å². The largest absolute Gasteiger partial charge is 0.484 e. The highest BCUT2D eigenvalue weighted by Gasteiger charge is 2.53. The molecular formula is C18H22N2O4. The monoisotopic (exact) mass is 330 g/mol. The van der Waals surface area contributed by atoms with Gasteiger partial charge in [-0.2, -0.15) is 0 Å². The predicted molar refractivity (Wildman–Crippen MR) is 87.6 cm³/mol. The molecule has 1 amide bonds. The SMILES string of the molecule is O=C(COc1ccc([N+](=O)[O-])cc1)NC1CC2CC1C1CCCC21. The molecule has 1 aromatic rings. The normalized spacial score (nSPS) is 33.2. The zero-order valence-corrected chi connectivity index (χ0v) is 13.5. The second-order valence-electron chi connectivity index (χ2n) is 7.37. The Kier molecular flexibility index (Phi) is 3.90. The number of hydrogen-bond acceptors (Lipinski definition) is 4. The Morgan fingerprint density at radius 3 is 2.67 bits per heavy atom. The lowest BCUT2D eigenvalue weighted by atomic mass is 9.79. The highest BCUT2D eigenvalue weighted by molar-refractivity contribution is 5.78. The van der Waals surface area contributed by atoms with Crippen LogP contribution in [0, 0.1) is 33.8 Å². The second kappa shape index (κ2) is 6.07. The molecule has 6 heteroatoms. The Hall–Kier alpha value is -2.11. The summed E-state index contributed by atoms with van der Waals surface area (Å²) in [5.41, 5.74) is 0.0138. The van der Waals surface area contributed by atoms with Gasteiger partial charge in [-0.3, -0.25) is 14.9 Å². The van der Waals surface area contributed by atoms with Crippen LogP contribution in [-0.4, -0.2) is 23.5 Å². The van der Waals surface area contributed by atoms with Gasteiger partial charge in [-0.1, -0.05) is 6.42 Å². The molecule has 0 heterocycles. The van der Waals surface area contributed by atoms with Crippen molar-refractivity contribution >= 4 is 11.6 Å². The Morgan fingerprint density at radius 2 is 1.92 bits per heavy atom. The molecule has 1 N–H and O–H groups in total. The van der Waals surface area contributed by atoms with E-state index in [-0.39, 0.29) is 18.2 Å². The predicted octanol–water partition coefficient (Wildman–Crippen LogP) is 2.91. The molecule has 0 radical (unpaired) electrons. The first-order valence-corrected chi connectivity index (χ1v) is 8.78. The maximum atomic E-state index is 12.2. The summed E-state index contributed by atoms with van der Waals surface area (Å²) in [5.74, 6) is 3.58. The maximum Gasteiger partial charge on any atom is 0.269 e. The number of non-ortho nitro benzene ring substituents is 1. The lowest BCUT2D eigenvalue weighted by Gasteiger charge is -2.32. The number of nitrogens with zero attached hydrogens (tertiary/aromatic N) is 1. The van der Waals surface area contributed by atoms with Crippen molar-refractivity contribution in [2.75, 3.05) is 6.61 Å². The van der Waals surface area contributed by atoms with Gasteiger partial charge in [0.05, 0.1) is 4.92 Å². The van der Waals surface area contributed by atoms with E-state index in [1.807, 2.05) is 0 Å². The quantitative estimate of drug-likeness (QED) is 0.665. The summed E-state index contributed by atoms with van der Waals surface area (Å²) < 4.78 is 5.44. The fourth-order valence-corrected chi connectivity index (χ4v) is 5.30. The molecule has 5 atom stereocenters. The zero-order valence-electron chi connectivity index (χ0n) is 13.5. The van der Waals surface area contributed by atoms with E-state index in [1.165, 1.54) is 49.9 Å². The third-order valence-corrected chi connectivity index (χ3v) is 6.19. The minimum absolute atomic E-state index is 0.0138. The molecule has 0 aliphatic heterocycles.